The third-order valence-electron chi connectivity index (χ3n) is 2.04. The first-order valence-electron chi connectivity index (χ1n) is 3.63. The fourth-order valence-corrected chi connectivity index (χ4v) is 0.653. The number of carbonyl (C=O) groups is 1. The first-order valence-corrected chi connectivity index (χ1v) is 3.63. The highest BCUT2D eigenvalue weighted by molar-refractivity contribution is 5.72. The monoisotopic (exact) mass is 162 g/mol. The summed E-state index contributed by atoms with van der Waals surface area (Å²) in [6.07, 6.45) is -1.75. The van der Waals surface area contributed by atoms with E-state index in [4.69, 9.17) is 5.11 Å². The molecule has 0 aliphatic rings. The standard InChI is InChI=1S/C8H15FO2/c1-5(8(2,3)4)6(9)7(10)11/h5-6H,1-4H3,(H,10,11). The summed E-state index contributed by atoms with van der Waals surface area (Å²) in [4.78, 5) is 10.2. The van der Waals surface area contributed by atoms with Crippen LogP contribution in [-0.4, -0.2) is 17.2 Å². The van der Waals surface area contributed by atoms with Crippen LogP contribution in [0.25, 0.3) is 0 Å². The predicted octanol–water partition coefficient (Wildman–Crippen LogP) is 2.09. The number of alkyl halides is 1. The fraction of sp³-hybridized carbons (Fsp3) is 0.875. The molecule has 0 spiro atoms. The molecule has 2 nitrogen and oxygen atoms in total. The number of aliphatic carboxylic acids is 1. The summed E-state index contributed by atoms with van der Waals surface area (Å²) in [6.45, 7) is 7.09. The van der Waals surface area contributed by atoms with Gasteiger partial charge >= 0.3 is 5.97 Å². The molecule has 0 aromatic heterocycles. The van der Waals surface area contributed by atoms with Crippen LogP contribution in [0.4, 0.5) is 4.39 Å². The van der Waals surface area contributed by atoms with Gasteiger partial charge in [0, 0.05) is 5.92 Å². The minimum atomic E-state index is -1.75. The Morgan fingerprint density at radius 1 is 1.45 bits per heavy atom. The number of rotatable bonds is 2. The van der Waals surface area contributed by atoms with Crippen LogP contribution in [0.2, 0.25) is 0 Å². The largest absolute Gasteiger partial charge is 0.479 e. The topological polar surface area (TPSA) is 37.3 Å². The molecule has 0 heterocycles. The smallest absolute Gasteiger partial charge is 0.338 e. The zero-order chi connectivity index (χ0) is 9.23. The van der Waals surface area contributed by atoms with E-state index in [0.29, 0.717) is 0 Å². The Labute approximate surface area is 66.4 Å². The molecule has 0 aliphatic heterocycles. The van der Waals surface area contributed by atoms with E-state index in [1.165, 1.54) is 0 Å². The summed E-state index contributed by atoms with van der Waals surface area (Å²) >= 11 is 0. The molecule has 0 saturated carbocycles. The van der Waals surface area contributed by atoms with Crippen molar-refractivity contribution in [1.82, 2.24) is 0 Å². The van der Waals surface area contributed by atoms with Crippen molar-refractivity contribution in [1.29, 1.82) is 0 Å². The van der Waals surface area contributed by atoms with Crippen molar-refractivity contribution in [3.8, 4) is 0 Å². The van der Waals surface area contributed by atoms with Crippen LogP contribution in [-0.2, 0) is 4.79 Å². The summed E-state index contributed by atoms with van der Waals surface area (Å²) in [5.74, 6) is -1.83. The van der Waals surface area contributed by atoms with Crippen LogP contribution in [0, 0.1) is 11.3 Å². The summed E-state index contributed by atoms with van der Waals surface area (Å²) in [5, 5.41) is 8.34. The van der Waals surface area contributed by atoms with Gasteiger partial charge in [-0.2, -0.15) is 0 Å². The minimum absolute atomic E-state index is 0.294. The van der Waals surface area contributed by atoms with E-state index in [0.717, 1.165) is 0 Å². The van der Waals surface area contributed by atoms with E-state index in [-0.39, 0.29) is 5.41 Å². The van der Waals surface area contributed by atoms with Crippen LogP contribution in [0.15, 0.2) is 0 Å². The van der Waals surface area contributed by atoms with Gasteiger partial charge in [-0.25, -0.2) is 9.18 Å². The van der Waals surface area contributed by atoms with Crippen LogP contribution in [0.5, 0.6) is 0 Å². The van der Waals surface area contributed by atoms with Crippen molar-refractivity contribution in [3.63, 3.8) is 0 Å². The molecule has 3 heteroatoms. The maximum atomic E-state index is 12.8. The lowest BCUT2D eigenvalue weighted by Gasteiger charge is -2.27. The van der Waals surface area contributed by atoms with Crippen LogP contribution < -0.4 is 0 Å². The van der Waals surface area contributed by atoms with E-state index in [2.05, 4.69) is 0 Å². The lowest BCUT2D eigenvalue weighted by molar-refractivity contribution is -0.146. The van der Waals surface area contributed by atoms with Gasteiger partial charge in [0.1, 0.15) is 0 Å². The molecule has 0 amide bonds. The average Bonchev–Trinajstić information content (AvgIpc) is 1.82. The fourth-order valence-electron chi connectivity index (χ4n) is 0.653. The Morgan fingerprint density at radius 2 is 1.82 bits per heavy atom. The lowest BCUT2D eigenvalue weighted by atomic mass is 9.79. The van der Waals surface area contributed by atoms with Gasteiger partial charge < -0.3 is 5.11 Å². The second-order valence-electron chi connectivity index (χ2n) is 3.89. The SMILES string of the molecule is CC(C(F)C(=O)O)C(C)(C)C. The number of carboxylic acids is 1. The molecule has 2 atom stereocenters. The third-order valence-corrected chi connectivity index (χ3v) is 2.04. The van der Waals surface area contributed by atoms with Crippen molar-refractivity contribution < 1.29 is 14.3 Å². The molecule has 66 valence electrons. The van der Waals surface area contributed by atoms with Crippen LogP contribution >= 0.6 is 0 Å². The van der Waals surface area contributed by atoms with Crippen LogP contribution in [0.3, 0.4) is 0 Å². The molecule has 0 aliphatic carbocycles. The summed E-state index contributed by atoms with van der Waals surface area (Å²) in [7, 11) is 0. The Bertz CT molecular complexity index is 149. The molecule has 0 saturated heterocycles. The summed E-state index contributed by atoms with van der Waals surface area (Å²) in [6, 6.07) is 0. The van der Waals surface area contributed by atoms with Crippen molar-refractivity contribution in [2.75, 3.05) is 0 Å². The molecule has 0 rings (SSSR count). The normalized spacial score (nSPS) is 17.5. The molecule has 0 aromatic rings. The Morgan fingerprint density at radius 3 is 1.91 bits per heavy atom. The van der Waals surface area contributed by atoms with Gasteiger partial charge in [0.2, 0.25) is 0 Å². The zero-order valence-electron chi connectivity index (χ0n) is 7.39. The number of carboxylic acid groups (broad SMARTS) is 1. The number of halogens is 1. The second kappa shape index (κ2) is 3.20. The molecule has 0 fully saturated rings. The molecule has 1 N–H and O–H groups in total. The molecule has 11 heavy (non-hydrogen) atoms. The Kier molecular flexibility index (Phi) is 3.02. The van der Waals surface area contributed by atoms with E-state index < -0.39 is 18.1 Å². The zero-order valence-corrected chi connectivity index (χ0v) is 7.39. The molecular formula is C8H15FO2. The van der Waals surface area contributed by atoms with Gasteiger partial charge in [-0.05, 0) is 5.41 Å². The van der Waals surface area contributed by atoms with Gasteiger partial charge in [0.15, 0.2) is 6.17 Å². The summed E-state index contributed by atoms with van der Waals surface area (Å²) < 4.78 is 12.8. The highest BCUT2D eigenvalue weighted by atomic mass is 19.1. The molecule has 0 bridgehead atoms. The van der Waals surface area contributed by atoms with Gasteiger partial charge in [0.05, 0.1) is 0 Å². The molecule has 0 radical (unpaired) electrons. The van der Waals surface area contributed by atoms with Crippen molar-refractivity contribution in [3.05, 3.63) is 0 Å². The molecule has 0 aromatic carbocycles. The van der Waals surface area contributed by atoms with Gasteiger partial charge in [-0.15, -0.1) is 0 Å². The summed E-state index contributed by atoms with van der Waals surface area (Å²) in [5.41, 5.74) is -0.294. The first-order chi connectivity index (χ1) is 4.76. The van der Waals surface area contributed by atoms with Crippen LogP contribution in [0.1, 0.15) is 27.7 Å². The van der Waals surface area contributed by atoms with E-state index >= 15 is 0 Å². The van der Waals surface area contributed by atoms with Crippen molar-refractivity contribution in [2.24, 2.45) is 11.3 Å². The van der Waals surface area contributed by atoms with E-state index in [1.54, 1.807) is 6.92 Å². The average molecular weight is 162 g/mol. The molecule has 2 unspecified atom stereocenters. The number of hydrogen-bond donors (Lipinski definition) is 1. The van der Waals surface area contributed by atoms with E-state index in [9.17, 15) is 9.18 Å². The van der Waals surface area contributed by atoms with Crippen molar-refractivity contribution >= 4 is 5.97 Å². The first kappa shape index (κ1) is 10.4. The second-order valence-corrected chi connectivity index (χ2v) is 3.89. The Hall–Kier alpha value is -0.600. The van der Waals surface area contributed by atoms with E-state index in [1.807, 2.05) is 20.8 Å². The maximum absolute atomic E-state index is 12.8. The minimum Gasteiger partial charge on any atom is -0.479 e. The number of hydrogen-bond acceptors (Lipinski definition) is 1. The predicted molar refractivity (Wildman–Crippen MR) is 41.2 cm³/mol. The van der Waals surface area contributed by atoms with Gasteiger partial charge in [-0.3, -0.25) is 0 Å². The molecular weight excluding hydrogens is 147 g/mol. The third kappa shape index (κ3) is 2.87. The lowest BCUT2D eigenvalue weighted by Crippen LogP contribution is -2.32. The Balaban J connectivity index is 4.25. The quantitative estimate of drug-likeness (QED) is 0.675. The van der Waals surface area contributed by atoms with Gasteiger partial charge in [-0.1, -0.05) is 27.7 Å². The highest BCUT2D eigenvalue weighted by Gasteiger charge is 2.32. The van der Waals surface area contributed by atoms with Gasteiger partial charge in [0.25, 0.3) is 0 Å². The van der Waals surface area contributed by atoms with Crippen molar-refractivity contribution in [2.45, 2.75) is 33.9 Å². The highest BCUT2D eigenvalue weighted by Crippen LogP contribution is 2.29. The maximum Gasteiger partial charge on any atom is 0.338 e.